The summed E-state index contributed by atoms with van der Waals surface area (Å²) in [6.45, 7) is 1.22. The molecule has 0 aliphatic carbocycles. The third kappa shape index (κ3) is 1.60. The van der Waals surface area contributed by atoms with Gasteiger partial charge in [-0.3, -0.25) is 0 Å². The maximum absolute atomic E-state index is 9.37. The standard InChI is InChI=1S/C7H14O5/c1-3-5(9)4(2-8)12-7(11)6(3)10/h3-11H,2H2,1H3/t3-,4+,5-,6?,7-/m0/s1. The molecule has 0 radical (unpaired) electrons. The fourth-order valence-corrected chi connectivity index (χ4v) is 1.29. The van der Waals surface area contributed by atoms with Gasteiger partial charge in [0.2, 0.25) is 0 Å². The molecule has 0 bridgehead atoms. The van der Waals surface area contributed by atoms with Crippen LogP contribution in [0.3, 0.4) is 0 Å². The lowest BCUT2D eigenvalue weighted by molar-refractivity contribution is -0.271. The van der Waals surface area contributed by atoms with E-state index < -0.39 is 30.5 Å². The Balaban J connectivity index is 2.63. The Labute approximate surface area is 70.2 Å². The van der Waals surface area contributed by atoms with E-state index in [4.69, 9.17) is 14.9 Å². The molecule has 1 rings (SSSR count). The van der Waals surface area contributed by atoms with Gasteiger partial charge in [0.05, 0.1) is 12.7 Å². The Hall–Kier alpha value is -0.200. The van der Waals surface area contributed by atoms with Crippen molar-refractivity contribution < 1.29 is 25.2 Å². The maximum Gasteiger partial charge on any atom is 0.181 e. The monoisotopic (exact) mass is 178 g/mol. The average molecular weight is 178 g/mol. The van der Waals surface area contributed by atoms with Crippen molar-refractivity contribution in [2.75, 3.05) is 6.61 Å². The van der Waals surface area contributed by atoms with E-state index in [9.17, 15) is 10.2 Å². The molecule has 0 aromatic carbocycles. The lowest BCUT2D eigenvalue weighted by atomic mass is 9.91. The van der Waals surface area contributed by atoms with Crippen LogP contribution >= 0.6 is 0 Å². The Kier molecular flexibility index (Phi) is 3.03. The maximum atomic E-state index is 9.37. The van der Waals surface area contributed by atoms with Crippen molar-refractivity contribution in [3.05, 3.63) is 0 Å². The molecule has 72 valence electrons. The molecule has 5 nitrogen and oxygen atoms in total. The minimum atomic E-state index is -1.32. The van der Waals surface area contributed by atoms with E-state index in [0.717, 1.165) is 0 Å². The molecule has 0 saturated carbocycles. The summed E-state index contributed by atoms with van der Waals surface area (Å²) in [7, 11) is 0. The molecule has 1 unspecified atom stereocenters. The highest BCUT2D eigenvalue weighted by Crippen LogP contribution is 2.24. The van der Waals surface area contributed by atoms with Gasteiger partial charge in [-0.2, -0.15) is 0 Å². The third-order valence-electron chi connectivity index (χ3n) is 2.24. The average Bonchev–Trinajstić information content (AvgIpc) is 2.08. The van der Waals surface area contributed by atoms with Crippen LogP contribution < -0.4 is 0 Å². The molecule has 0 spiro atoms. The van der Waals surface area contributed by atoms with Crippen LogP contribution in [0.2, 0.25) is 0 Å². The Bertz CT molecular complexity index is 146. The molecule has 5 atom stereocenters. The highest BCUT2D eigenvalue weighted by atomic mass is 16.6. The van der Waals surface area contributed by atoms with E-state index in [2.05, 4.69) is 0 Å². The fraction of sp³-hybridized carbons (Fsp3) is 1.00. The molecule has 1 aliphatic heterocycles. The first-order chi connectivity index (χ1) is 5.57. The van der Waals surface area contributed by atoms with E-state index in [1.54, 1.807) is 6.92 Å². The van der Waals surface area contributed by atoms with Gasteiger partial charge in [-0.1, -0.05) is 6.92 Å². The Morgan fingerprint density at radius 2 is 1.75 bits per heavy atom. The molecule has 0 aromatic rings. The number of ether oxygens (including phenoxy) is 1. The number of aliphatic hydroxyl groups is 4. The first-order valence-corrected chi connectivity index (χ1v) is 3.88. The summed E-state index contributed by atoms with van der Waals surface area (Å²) in [6.07, 6.45) is -4.16. The molecule has 1 saturated heterocycles. The number of hydrogen-bond donors (Lipinski definition) is 4. The first kappa shape index (κ1) is 9.88. The molecule has 1 heterocycles. The van der Waals surface area contributed by atoms with Crippen LogP contribution in [0.15, 0.2) is 0 Å². The Morgan fingerprint density at radius 3 is 2.25 bits per heavy atom. The van der Waals surface area contributed by atoms with Crippen LogP contribution in [0.25, 0.3) is 0 Å². The van der Waals surface area contributed by atoms with Gasteiger partial charge in [-0.05, 0) is 0 Å². The SMILES string of the molecule is C[C@@H]1C(O)[C@@H](O)O[C@H](CO)[C@H]1O. The first-order valence-electron chi connectivity index (χ1n) is 3.88. The minimum absolute atomic E-state index is 0.366. The smallest absolute Gasteiger partial charge is 0.181 e. The van der Waals surface area contributed by atoms with Gasteiger partial charge in [-0.25, -0.2) is 0 Å². The lowest BCUT2D eigenvalue weighted by Crippen LogP contribution is -2.54. The van der Waals surface area contributed by atoms with E-state index in [1.165, 1.54) is 0 Å². The molecule has 12 heavy (non-hydrogen) atoms. The van der Waals surface area contributed by atoms with Crippen LogP contribution in [0.4, 0.5) is 0 Å². The van der Waals surface area contributed by atoms with E-state index in [-0.39, 0.29) is 6.61 Å². The minimum Gasteiger partial charge on any atom is -0.394 e. The summed E-state index contributed by atoms with van der Waals surface area (Å²) >= 11 is 0. The molecule has 1 fully saturated rings. The van der Waals surface area contributed by atoms with Gasteiger partial charge in [0.15, 0.2) is 6.29 Å². The van der Waals surface area contributed by atoms with Crippen molar-refractivity contribution in [2.24, 2.45) is 5.92 Å². The van der Waals surface area contributed by atoms with Gasteiger partial charge in [0.1, 0.15) is 12.2 Å². The van der Waals surface area contributed by atoms with Crippen molar-refractivity contribution in [1.82, 2.24) is 0 Å². The summed E-state index contributed by atoms with van der Waals surface area (Å²) in [4.78, 5) is 0. The van der Waals surface area contributed by atoms with Crippen LogP contribution in [0.5, 0.6) is 0 Å². The van der Waals surface area contributed by atoms with E-state index in [1.807, 2.05) is 0 Å². The van der Waals surface area contributed by atoms with Gasteiger partial charge >= 0.3 is 0 Å². The van der Waals surface area contributed by atoms with Crippen molar-refractivity contribution >= 4 is 0 Å². The molecular weight excluding hydrogens is 164 g/mol. The van der Waals surface area contributed by atoms with Crippen LogP contribution in [-0.2, 0) is 4.74 Å². The summed E-state index contributed by atoms with van der Waals surface area (Å²) in [6, 6.07) is 0. The largest absolute Gasteiger partial charge is 0.394 e. The predicted molar refractivity (Wildman–Crippen MR) is 39.1 cm³/mol. The van der Waals surface area contributed by atoms with Gasteiger partial charge < -0.3 is 25.2 Å². The second-order valence-corrected chi connectivity index (χ2v) is 3.09. The fourth-order valence-electron chi connectivity index (χ4n) is 1.29. The van der Waals surface area contributed by atoms with Gasteiger partial charge in [-0.15, -0.1) is 0 Å². The Morgan fingerprint density at radius 1 is 1.17 bits per heavy atom. The second kappa shape index (κ2) is 3.68. The summed E-state index contributed by atoms with van der Waals surface area (Å²) in [5.74, 6) is -0.495. The number of rotatable bonds is 1. The number of aliphatic hydroxyl groups excluding tert-OH is 4. The molecule has 0 aromatic heterocycles. The quantitative estimate of drug-likeness (QED) is 0.375. The lowest BCUT2D eigenvalue weighted by Gasteiger charge is -2.38. The van der Waals surface area contributed by atoms with Crippen molar-refractivity contribution in [2.45, 2.75) is 31.5 Å². The predicted octanol–water partition coefficient (Wildman–Crippen LogP) is -1.95. The zero-order valence-electron chi connectivity index (χ0n) is 6.79. The summed E-state index contributed by atoms with van der Waals surface area (Å²) < 4.78 is 4.74. The van der Waals surface area contributed by atoms with Gasteiger partial charge in [0.25, 0.3) is 0 Å². The normalized spacial score (nSPS) is 49.2. The molecular formula is C7H14O5. The molecule has 5 heteroatoms. The molecule has 4 N–H and O–H groups in total. The van der Waals surface area contributed by atoms with Gasteiger partial charge in [0, 0.05) is 5.92 Å². The second-order valence-electron chi connectivity index (χ2n) is 3.09. The number of hydrogen-bond acceptors (Lipinski definition) is 5. The highest BCUT2D eigenvalue weighted by molar-refractivity contribution is 4.85. The summed E-state index contributed by atoms with van der Waals surface area (Å²) in [5.41, 5.74) is 0. The van der Waals surface area contributed by atoms with Crippen LogP contribution in [0, 0.1) is 5.92 Å². The van der Waals surface area contributed by atoms with Crippen LogP contribution in [0.1, 0.15) is 6.92 Å². The van der Waals surface area contributed by atoms with Crippen molar-refractivity contribution in [3.8, 4) is 0 Å². The zero-order valence-corrected chi connectivity index (χ0v) is 6.79. The zero-order chi connectivity index (χ0) is 9.30. The van der Waals surface area contributed by atoms with Crippen molar-refractivity contribution in [1.29, 1.82) is 0 Å². The van der Waals surface area contributed by atoms with Crippen LogP contribution in [-0.4, -0.2) is 51.6 Å². The highest BCUT2D eigenvalue weighted by Gasteiger charge is 2.40. The van der Waals surface area contributed by atoms with Crippen molar-refractivity contribution in [3.63, 3.8) is 0 Å². The molecule has 0 amide bonds. The van der Waals surface area contributed by atoms with E-state index >= 15 is 0 Å². The third-order valence-corrected chi connectivity index (χ3v) is 2.24. The summed E-state index contributed by atoms with van der Waals surface area (Å²) in [5, 5.41) is 36.4. The molecule has 1 aliphatic rings. The topological polar surface area (TPSA) is 90.2 Å². The van der Waals surface area contributed by atoms with E-state index in [0.29, 0.717) is 0 Å².